The van der Waals surface area contributed by atoms with Crippen LogP contribution in [0.4, 0.5) is 5.69 Å². The van der Waals surface area contributed by atoms with Crippen molar-refractivity contribution < 1.29 is 13.2 Å². The molecule has 0 heterocycles. The maximum absolute atomic E-state index is 12.4. The maximum atomic E-state index is 12.4. The quantitative estimate of drug-likeness (QED) is 0.800. The highest BCUT2D eigenvalue weighted by atomic mass is 35.5. The number of thioether (sulfide) groups is 1. The third-order valence-electron chi connectivity index (χ3n) is 3.31. The lowest BCUT2D eigenvalue weighted by Crippen LogP contribution is -2.22. The summed E-state index contributed by atoms with van der Waals surface area (Å²) in [5.41, 5.74) is 0.858. The van der Waals surface area contributed by atoms with E-state index in [-0.39, 0.29) is 10.8 Å². The molecule has 5 nitrogen and oxygen atoms in total. The third kappa shape index (κ3) is 4.10. The lowest BCUT2D eigenvalue weighted by Gasteiger charge is -2.12. The van der Waals surface area contributed by atoms with Crippen molar-refractivity contribution in [2.75, 3.05) is 25.7 Å². The first-order valence-electron chi connectivity index (χ1n) is 6.93. The summed E-state index contributed by atoms with van der Waals surface area (Å²) in [6.45, 7) is 0. The first-order chi connectivity index (χ1) is 11.3. The lowest BCUT2D eigenvalue weighted by molar-refractivity contribution is 0.102. The molecule has 0 radical (unpaired) electrons. The molecule has 2 aromatic rings. The average molecular weight is 385 g/mol. The second-order valence-electron chi connectivity index (χ2n) is 5.11. The molecule has 2 aromatic carbocycles. The van der Waals surface area contributed by atoms with Gasteiger partial charge in [0, 0.05) is 24.7 Å². The highest BCUT2D eigenvalue weighted by molar-refractivity contribution is 7.98. The molecular weight excluding hydrogens is 368 g/mol. The van der Waals surface area contributed by atoms with Crippen LogP contribution in [0.5, 0.6) is 0 Å². The fraction of sp³-hybridized carbons (Fsp3) is 0.188. The van der Waals surface area contributed by atoms with E-state index < -0.39 is 10.0 Å². The molecule has 1 amide bonds. The van der Waals surface area contributed by atoms with E-state index in [0.29, 0.717) is 16.3 Å². The van der Waals surface area contributed by atoms with E-state index in [0.717, 1.165) is 9.20 Å². The minimum atomic E-state index is -3.49. The fourth-order valence-corrected chi connectivity index (χ4v) is 3.47. The summed E-state index contributed by atoms with van der Waals surface area (Å²) in [5, 5.41) is 3.08. The molecule has 24 heavy (non-hydrogen) atoms. The molecule has 0 atom stereocenters. The Balaban J connectivity index is 2.22. The van der Waals surface area contributed by atoms with Crippen LogP contribution in [0.1, 0.15) is 10.4 Å². The SMILES string of the molecule is CSc1ccc(Cl)c(C(=O)Nc2ccc(S(=O)(=O)N(C)C)cc2)c1. The monoisotopic (exact) mass is 384 g/mol. The number of halogens is 1. The zero-order valence-corrected chi connectivity index (χ0v) is 15.8. The zero-order chi connectivity index (χ0) is 17.9. The first-order valence-corrected chi connectivity index (χ1v) is 9.97. The molecule has 0 bridgehead atoms. The molecule has 0 aromatic heterocycles. The van der Waals surface area contributed by atoms with Crippen LogP contribution in [0.2, 0.25) is 5.02 Å². The Morgan fingerprint density at radius 1 is 1.12 bits per heavy atom. The number of nitrogens with zero attached hydrogens (tertiary/aromatic N) is 1. The van der Waals surface area contributed by atoms with Crippen molar-refractivity contribution in [1.29, 1.82) is 0 Å². The molecule has 0 aliphatic rings. The van der Waals surface area contributed by atoms with E-state index in [1.165, 1.54) is 38.0 Å². The highest BCUT2D eigenvalue weighted by Gasteiger charge is 2.17. The van der Waals surface area contributed by atoms with E-state index in [2.05, 4.69) is 5.32 Å². The van der Waals surface area contributed by atoms with Gasteiger partial charge in [-0.15, -0.1) is 11.8 Å². The molecule has 0 fully saturated rings. The number of hydrogen-bond donors (Lipinski definition) is 1. The fourth-order valence-electron chi connectivity index (χ4n) is 1.92. The van der Waals surface area contributed by atoms with Crippen LogP contribution >= 0.6 is 23.4 Å². The Kier molecular flexibility index (Phi) is 5.92. The van der Waals surface area contributed by atoms with Gasteiger partial charge in [-0.2, -0.15) is 0 Å². The Morgan fingerprint density at radius 2 is 1.75 bits per heavy atom. The van der Waals surface area contributed by atoms with Crippen LogP contribution in [0, 0.1) is 0 Å². The van der Waals surface area contributed by atoms with Crippen molar-refractivity contribution in [3.05, 3.63) is 53.1 Å². The van der Waals surface area contributed by atoms with Crippen LogP contribution in [-0.2, 0) is 10.0 Å². The van der Waals surface area contributed by atoms with Gasteiger partial charge in [0.15, 0.2) is 0 Å². The largest absolute Gasteiger partial charge is 0.322 e. The average Bonchev–Trinajstić information content (AvgIpc) is 2.55. The summed E-state index contributed by atoms with van der Waals surface area (Å²) in [4.78, 5) is 13.4. The van der Waals surface area contributed by atoms with Gasteiger partial charge in [-0.3, -0.25) is 4.79 Å². The molecule has 0 unspecified atom stereocenters. The molecule has 2 rings (SSSR count). The second-order valence-corrected chi connectivity index (χ2v) is 8.55. The third-order valence-corrected chi connectivity index (χ3v) is 6.19. The van der Waals surface area contributed by atoms with Crippen LogP contribution in [0.15, 0.2) is 52.3 Å². The molecule has 0 aliphatic heterocycles. The smallest absolute Gasteiger partial charge is 0.257 e. The minimum absolute atomic E-state index is 0.160. The number of nitrogens with one attached hydrogen (secondary N) is 1. The number of sulfonamides is 1. The summed E-state index contributed by atoms with van der Waals surface area (Å²) < 4.78 is 25.2. The molecule has 0 saturated carbocycles. The number of hydrogen-bond acceptors (Lipinski definition) is 4. The molecule has 8 heteroatoms. The number of carbonyl (C=O) groups excluding carboxylic acids is 1. The van der Waals surface area contributed by atoms with Crippen LogP contribution in [0.3, 0.4) is 0 Å². The van der Waals surface area contributed by atoms with Crippen LogP contribution in [-0.4, -0.2) is 39.0 Å². The van der Waals surface area contributed by atoms with Gasteiger partial charge in [-0.1, -0.05) is 11.6 Å². The summed E-state index contributed by atoms with van der Waals surface area (Å²) in [7, 11) is -0.565. The summed E-state index contributed by atoms with van der Waals surface area (Å²) in [5.74, 6) is -0.348. The van der Waals surface area contributed by atoms with Gasteiger partial charge in [-0.05, 0) is 48.7 Å². The van der Waals surface area contributed by atoms with Crippen molar-refractivity contribution in [1.82, 2.24) is 4.31 Å². The van der Waals surface area contributed by atoms with E-state index >= 15 is 0 Å². The van der Waals surface area contributed by atoms with Gasteiger partial charge >= 0.3 is 0 Å². The summed E-state index contributed by atoms with van der Waals surface area (Å²) >= 11 is 7.59. The van der Waals surface area contributed by atoms with Gasteiger partial charge in [0.25, 0.3) is 5.91 Å². The number of anilines is 1. The first kappa shape index (κ1) is 18.8. The molecule has 128 valence electrons. The van der Waals surface area contributed by atoms with Gasteiger partial charge in [0.05, 0.1) is 15.5 Å². The molecular formula is C16H17ClN2O3S2. The van der Waals surface area contributed by atoms with Gasteiger partial charge in [0.1, 0.15) is 0 Å². The maximum Gasteiger partial charge on any atom is 0.257 e. The minimum Gasteiger partial charge on any atom is -0.322 e. The van der Waals surface area contributed by atoms with Crippen molar-refractivity contribution in [2.45, 2.75) is 9.79 Å². The van der Waals surface area contributed by atoms with E-state index in [9.17, 15) is 13.2 Å². The number of rotatable bonds is 5. The Hall–Kier alpha value is -1.54. The Labute approximate surface area is 151 Å². The van der Waals surface area contributed by atoms with Crippen LogP contribution < -0.4 is 5.32 Å². The predicted molar refractivity (Wildman–Crippen MR) is 98.5 cm³/mol. The number of benzene rings is 2. The Morgan fingerprint density at radius 3 is 2.29 bits per heavy atom. The van der Waals surface area contributed by atoms with E-state index in [4.69, 9.17) is 11.6 Å². The number of amides is 1. The number of carbonyl (C=O) groups is 1. The summed E-state index contributed by atoms with van der Waals surface area (Å²) in [6, 6.07) is 11.2. The van der Waals surface area contributed by atoms with Gasteiger partial charge in [-0.25, -0.2) is 12.7 Å². The normalized spacial score (nSPS) is 11.5. The van der Waals surface area contributed by atoms with Gasteiger partial charge < -0.3 is 5.32 Å². The lowest BCUT2D eigenvalue weighted by atomic mass is 10.2. The highest BCUT2D eigenvalue weighted by Crippen LogP contribution is 2.24. The molecule has 1 N–H and O–H groups in total. The van der Waals surface area contributed by atoms with Crippen molar-refractivity contribution in [3.8, 4) is 0 Å². The summed E-state index contributed by atoms with van der Waals surface area (Å²) in [6.07, 6.45) is 1.91. The predicted octanol–water partition coefficient (Wildman–Crippen LogP) is 3.56. The van der Waals surface area contributed by atoms with Crippen molar-refractivity contribution in [3.63, 3.8) is 0 Å². The molecule has 0 saturated heterocycles. The molecule has 0 spiro atoms. The topological polar surface area (TPSA) is 66.5 Å². The zero-order valence-electron chi connectivity index (χ0n) is 13.4. The van der Waals surface area contributed by atoms with Crippen molar-refractivity contribution in [2.24, 2.45) is 0 Å². The van der Waals surface area contributed by atoms with Gasteiger partial charge in [0.2, 0.25) is 10.0 Å². The Bertz CT molecular complexity index is 850. The van der Waals surface area contributed by atoms with E-state index in [1.807, 2.05) is 12.3 Å². The standard InChI is InChI=1S/C16H17ClN2O3S2/c1-19(2)24(21,22)13-7-4-11(5-8-13)18-16(20)14-10-12(23-3)6-9-15(14)17/h4-10H,1-3H3,(H,18,20). The van der Waals surface area contributed by atoms with Crippen LogP contribution in [0.25, 0.3) is 0 Å². The van der Waals surface area contributed by atoms with Crippen molar-refractivity contribution >= 4 is 45.0 Å². The van der Waals surface area contributed by atoms with E-state index in [1.54, 1.807) is 24.3 Å². The second kappa shape index (κ2) is 7.57. The molecule has 0 aliphatic carbocycles.